The molecule has 1 fully saturated rings. The molecule has 0 bridgehead atoms. The average Bonchev–Trinajstić information content (AvgIpc) is 2.61. The molecule has 0 unspecified atom stereocenters. The molecule has 1 saturated heterocycles. The molecule has 0 amide bonds. The van der Waals surface area contributed by atoms with Gasteiger partial charge in [-0.25, -0.2) is 4.98 Å². The topological polar surface area (TPSA) is 43.4 Å². The highest BCUT2D eigenvalue weighted by Crippen LogP contribution is 2.25. The van der Waals surface area contributed by atoms with Crippen LogP contribution in [0.15, 0.2) is 53.1 Å². The molecular formula is C19H28BrN5. The van der Waals surface area contributed by atoms with E-state index in [1.807, 2.05) is 36.5 Å². The molecule has 0 saturated carbocycles. The fourth-order valence-corrected chi connectivity index (χ4v) is 3.06. The number of nitrogens with one attached hydrogen (secondary N) is 2. The lowest BCUT2D eigenvalue weighted by atomic mass is 10.2. The number of anilines is 2. The van der Waals surface area contributed by atoms with Crippen molar-refractivity contribution in [2.24, 2.45) is 0 Å². The first-order chi connectivity index (χ1) is 12.0. The third-order valence-electron chi connectivity index (χ3n) is 3.83. The van der Waals surface area contributed by atoms with Crippen LogP contribution in [0.1, 0.15) is 20.3 Å². The predicted molar refractivity (Wildman–Crippen MR) is 111 cm³/mol. The first kappa shape index (κ1) is 19.5. The average molecular weight is 406 g/mol. The van der Waals surface area contributed by atoms with E-state index in [1.54, 1.807) is 0 Å². The lowest BCUT2D eigenvalue weighted by Gasteiger charge is -2.29. The summed E-state index contributed by atoms with van der Waals surface area (Å²) in [7, 11) is 1.97. The van der Waals surface area contributed by atoms with Gasteiger partial charge in [-0.2, -0.15) is 0 Å². The summed E-state index contributed by atoms with van der Waals surface area (Å²) in [6, 6.07) is 4.12. The van der Waals surface area contributed by atoms with Crippen molar-refractivity contribution in [2.45, 2.75) is 20.3 Å². The maximum Gasteiger partial charge on any atom is 0.130 e. The van der Waals surface area contributed by atoms with E-state index >= 15 is 0 Å². The Balaban J connectivity index is 0.000000701. The van der Waals surface area contributed by atoms with Crippen LogP contribution in [0.25, 0.3) is 0 Å². The van der Waals surface area contributed by atoms with E-state index in [2.05, 4.69) is 62.9 Å². The van der Waals surface area contributed by atoms with Gasteiger partial charge >= 0.3 is 0 Å². The van der Waals surface area contributed by atoms with E-state index in [1.165, 1.54) is 12.1 Å². The fourth-order valence-electron chi connectivity index (χ4n) is 2.53. The van der Waals surface area contributed by atoms with Crippen molar-refractivity contribution in [3.05, 3.63) is 53.1 Å². The summed E-state index contributed by atoms with van der Waals surface area (Å²) in [5, 5.41) is 6.69. The normalized spacial score (nSPS) is 17.4. The maximum absolute atomic E-state index is 4.52. The molecule has 0 radical (unpaired) electrons. The zero-order valence-corrected chi connectivity index (χ0v) is 16.9. The van der Waals surface area contributed by atoms with Crippen LogP contribution in [-0.2, 0) is 0 Å². The van der Waals surface area contributed by atoms with Gasteiger partial charge in [0.2, 0.25) is 0 Å². The molecule has 2 aliphatic heterocycles. The summed E-state index contributed by atoms with van der Waals surface area (Å²) in [6.45, 7) is 12.4. The summed E-state index contributed by atoms with van der Waals surface area (Å²) >= 11 is 3.50. The van der Waals surface area contributed by atoms with Gasteiger partial charge < -0.3 is 20.4 Å². The second kappa shape index (κ2) is 9.63. The van der Waals surface area contributed by atoms with Gasteiger partial charge in [-0.3, -0.25) is 0 Å². The summed E-state index contributed by atoms with van der Waals surface area (Å²) < 4.78 is 1.00. The molecule has 3 rings (SSSR count). The summed E-state index contributed by atoms with van der Waals surface area (Å²) in [5.41, 5.74) is 3.03. The minimum Gasteiger partial charge on any atom is -0.368 e. The fraction of sp³-hybridized carbons (Fsp3) is 0.421. The molecule has 25 heavy (non-hydrogen) atoms. The Bertz CT molecular complexity index is 630. The van der Waals surface area contributed by atoms with Crippen LogP contribution in [-0.4, -0.2) is 43.1 Å². The highest BCUT2D eigenvalue weighted by molar-refractivity contribution is 9.11. The van der Waals surface area contributed by atoms with Crippen molar-refractivity contribution in [2.75, 3.05) is 43.4 Å². The number of hydrogen-bond donors (Lipinski definition) is 2. The number of rotatable bonds is 3. The molecule has 1 aromatic heterocycles. The molecular weight excluding hydrogens is 378 g/mol. The zero-order valence-electron chi connectivity index (χ0n) is 15.3. The van der Waals surface area contributed by atoms with Crippen molar-refractivity contribution in [1.29, 1.82) is 0 Å². The Morgan fingerprint density at radius 1 is 1.28 bits per heavy atom. The van der Waals surface area contributed by atoms with Crippen LogP contribution in [0, 0.1) is 0 Å². The third kappa shape index (κ3) is 5.61. The van der Waals surface area contributed by atoms with Gasteiger partial charge in [0.15, 0.2) is 0 Å². The van der Waals surface area contributed by atoms with Crippen LogP contribution >= 0.6 is 15.9 Å². The number of allylic oxidation sites excluding steroid dienone is 2. The van der Waals surface area contributed by atoms with Gasteiger partial charge in [-0.05, 0) is 34.1 Å². The van der Waals surface area contributed by atoms with E-state index in [-0.39, 0.29) is 0 Å². The van der Waals surface area contributed by atoms with Gasteiger partial charge in [0.25, 0.3) is 0 Å². The molecule has 2 N–H and O–H groups in total. The lowest BCUT2D eigenvalue weighted by molar-refractivity contribution is 0.575. The molecule has 3 heterocycles. The van der Waals surface area contributed by atoms with Gasteiger partial charge in [0.05, 0.1) is 23.3 Å². The zero-order chi connectivity index (χ0) is 18.2. The van der Waals surface area contributed by atoms with Crippen molar-refractivity contribution >= 4 is 27.4 Å². The van der Waals surface area contributed by atoms with E-state index < -0.39 is 0 Å². The monoisotopic (exact) mass is 405 g/mol. The minimum atomic E-state index is 0.821. The Hall–Kier alpha value is -1.79. The van der Waals surface area contributed by atoms with Crippen LogP contribution in [0.3, 0.4) is 0 Å². The molecule has 1 aromatic rings. The Morgan fingerprint density at radius 3 is 2.56 bits per heavy atom. The van der Waals surface area contributed by atoms with E-state index in [4.69, 9.17) is 0 Å². The highest BCUT2D eigenvalue weighted by atomic mass is 79.9. The first-order valence-electron chi connectivity index (χ1n) is 8.75. The predicted octanol–water partition coefficient (Wildman–Crippen LogP) is 3.90. The number of piperazine rings is 1. The van der Waals surface area contributed by atoms with Crippen molar-refractivity contribution in [1.82, 2.24) is 15.2 Å². The standard InChI is InChI=1S/C16H20BrN5.C3H8/c1-12-15(9-13(17)11-21(12)2)20-16-4-3-14(10-19-16)22-7-5-18-6-8-22;1-3-2/h3-4,9-11,18H,1,5-8H2,2H3,(H,19,20);3H2,1-2H3. The number of likely N-dealkylation sites (N-methyl/N-ethyl adjacent to an activating group) is 1. The largest absolute Gasteiger partial charge is 0.368 e. The Labute approximate surface area is 159 Å². The SMILES string of the molecule is C=C1C(Nc2ccc(N3CCNCC3)cn2)=CC(Br)=CN1C.CCC. The molecule has 136 valence electrons. The van der Waals surface area contributed by atoms with Crippen molar-refractivity contribution in [3.63, 3.8) is 0 Å². The van der Waals surface area contributed by atoms with Gasteiger partial charge in [-0.15, -0.1) is 0 Å². The van der Waals surface area contributed by atoms with E-state index in [0.717, 1.165) is 47.9 Å². The smallest absolute Gasteiger partial charge is 0.130 e. The summed E-state index contributed by atoms with van der Waals surface area (Å²) in [5.74, 6) is 0.821. The van der Waals surface area contributed by atoms with Crippen LogP contribution < -0.4 is 15.5 Å². The first-order valence-corrected chi connectivity index (χ1v) is 9.54. The van der Waals surface area contributed by atoms with E-state index in [0.29, 0.717) is 0 Å². The molecule has 0 spiro atoms. The molecule has 0 aromatic carbocycles. The number of aromatic nitrogens is 1. The van der Waals surface area contributed by atoms with E-state index in [9.17, 15) is 0 Å². The molecule has 5 nitrogen and oxygen atoms in total. The molecule has 0 atom stereocenters. The molecule has 0 aliphatic carbocycles. The summed E-state index contributed by atoms with van der Waals surface area (Å²) in [6.07, 6.45) is 7.16. The Morgan fingerprint density at radius 2 is 1.96 bits per heavy atom. The van der Waals surface area contributed by atoms with Crippen LogP contribution in [0.2, 0.25) is 0 Å². The second-order valence-corrected chi connectivity index (χ2v) is 7.02. The lowest BCUT2D eigenvalue weighted by Crippen LogP contribution is -2.43. The second-order valence-electron chi connectivity index (χ2n) is 6.10. The van der Waals surface area contributed by atoms with Gasteiger partial charge in [0, 0.05) is 43.9 Å². The number of hydrogen-bond acceptors (Lipinski definition) is 5. The van der Waals surface area contributed by atoms with Crippen LogP contribution in [0.5, 0.6) is 0 Å². The van der Waals surface area contributed by atoms with Gasteiger partial charge in [-0.1, -0.05) is 26.8 Å². The minimum absolute atomic E-state index is 0.821. The summed E-state index contributed by atoms with van der Waals surface area (Å²) in [4.78, 5) is 8.84. The molecule has 2 aliphatic rings. The number of nitrogens with zero attached hydrogens (tertiary/aromatic N) is 3. The van der Waals surface area contributed by atoms with Gasteiger partial charge in [0.1, 0.15) is 5.82 Å². The highest BCUT2D eigenvalue weighted by Gasteiger charge is 2.14. The maximum atomic E-state index is 4.52. The van der Waals surface area contributed by atoms with Crippen molar-refractivity contribution in [3.8, 4) is 0 Å². The number of halogens is 1. The quantitative estimate of drug-likeness (QED) is 0.797. The number of pyridine rings is 1. The third-order valence-corrected chi connectivity index (χ3v) is 4.26. The van der Waals surface area contributed by atoms with Crippen LogP contribution in [0.4, 0.5) is 11.5 Å². The Kier molecular flexibility index (Phi) is 7.52. The van der Waals surface area contributed by atoms with Crippen molar-refractivity contribution < 1.29 is 0 Å². The molecule has 6 heteroatoms.